The SMILES string of the molecule is CC1(C)CCC1.CCC(=O)CC(C)(C)O.CCCC(C)=Nc1c(OC)cc(Cl)nc1C. The van der Waals surface area contributed by atoms with Crippen LogP contribution in [0, 0.1) is 12.3 Å². The summed E-state index contributed by atoms with van der Waals surface area (Å²) < 4.78 is 5.25. The van der Waals surface area contributed by atoms with E-state index in [1.165, 1.54) is 19.3 Å². The highest BCUT2D eigenvalue weighted by Gasteiger charge is 2.25. The van der Waals surface area contributed by atoms with Crippen LogP contribution in [0.1, 0.15) is 99.1 Å². The van der Waals surface area contributed by atoms with E-state index in [2.05, 4.69) is 30.7 Å². The van der Waals surface area contributed by atoms with E-state index in [1.807, 2.05) is 13.8 Å². The first-order valence-corrected chi connectivity index (χ1v) is 11.6. The van der Waals surface area contributed by atoms with Crippen molar-refractivity contribution in [1.29, 1.82) is 0 Å². The van der Waals surface area contributed by atoms with Gasteiger partial charge in [-0.25, -0.2) is 4.98 Å². The van der Waals surface area contributed by atoms with Crippen molar-refractivity contribution in [3.63, 3.8) is 0 Å². The Morgan fingerprint density at radius 1 is 1.32 bits per heavy atom. The molecule has 0 spiro atoms. The molecule has 0 aromatic carbocycles. The lowest BCUT2D eigenvalue weighted by Gasteiger charge is -2.33. The fourth-order valence-electron chi connectivity index (χ4n) is 2.99. The average Bonchev–Trinajstić information content (AvgIpc) is 2.62. The summed E-state index contributed by atoms with van der Waals surface area (Å²) in [6.07, 6.45) is 7.21. The third-order valence-electron chi connectivity index (χ3n) is 4.97. The van der Waals surface area contributed by atoms with Crippen molar-refractivity contribution in [3.05, 3.63) is 16.9 Å². The highest BCUT2D eigenvalue weighted by atomic mass is 35.5. The second-order valence-corrected chi connectivity index (χ2v) is 9.96. The van der Waals surface area contributed by atoms with Gasteiger partial charge in [-0.1, -0.05) is 52.1 Å². The summed E-state index contributed by atoms with van der Waals surface area (Å²) in [5.41, 5.74) is 2.54. The number of aliphatic hydroxyl groups is 1. The molecule has 1 aliphatic carbocycles. The predicted octanol–water partition coefficient (Wildman–Crippen LogP) is 7.27. The van der Waals surface area contributed by atoms with Crippen molar-refractivity contribution in [2.24, 2.45) is 10.4 Å². The largest absolute Gasteiger partial charge is 0.494 e. The third kappa shape index (κ3) is 13.5. The van der Waals surface area contributed by atoms with E-state index in [9.17, 15) is 4.79 Å². The molecule has 1 aromatic heterocycles. The third-order valence-corrected chi connectivity index (χ3v) is 5.16. The second-order valence-electron chi connectivity index (χ2n) is 9.58. The number of aliphatic imine (C=N–C) groups is 1. The number of nitrogens with zero attached hydrogens (tertiary/aromatic N) is 2. The van der Waals surface area contributed by atoms with Gasteiger partial charge >= 0.3 is 0 Å². The number of rotatable bonds is 7. The van der Waals surface area contributed by atoms with Gasteiger partial charge in [0.25, 0.3) is 0 Å². The number of ether oxygens (including phenoxy) is 1. The number of aromatic nitrogens is 1. The summed E-state index contributed by atoms with van der Waals surface area (Å²) in [7, 11) is 1.61. The number of hydrogen-bond donors (Lipinski definition) is 1. The van der Waals surface area contributed by atoms with E-state index in [1.54, 1.807) is 33.9 Å². The molecular formula is C25H43ClN2O3. The fraction of sp³-hybridized carbons (Fsp3) is 0.720. The lowest BCUT2D eigenvalue weighted by Crippen LogP contribution is -2.22. The Balaban J connectivity index is 0.000000501. The van der Waals surface area contributed by atoms with Gasteiger partial charge in [-0.05, 0) is 52.4 Å². The Morgan fingerprint density at radius 3 is 2.19 bits per heavy atom. The van der Waals surface area contributed by atoms with Crippen LogP contribution in [0.2, 0.25) is 5.15 Å². The zero-order chi connectivity index (χ0) is 24.2. The van der Waals surface area contributed by atoms with Gasteiger partial charge in [0.15, 0.2) is 0 Å². The van der Waals surface area contributed by atoms with E-state index in [0.717, 1.165) is 35.3 Å². The van der Waals surface area contributed by atoms with E-state index in [-0.39, 0.29) is 12.2 Å². The summed E-state index contributed by atoms with van der Waals surface area (Å²) in [6.45, 7) is 15.8. The Hall–Kier alpha value is -1.46. The molecule has 0 radical (unpaired) electrons. The van der Waals surface area contributed by atoms with Gasteiger partial charge < -0.3 is 9.84 Å². The Kier molecular flexibility index (Phi) is 13.2. The summed E-state index contributed by atoms with van der Waals surface area (Å²) in [6, 6.07) is 1.69. The molecule has 5 nitrogen and oxygen atoms in total. The first-order valence-electron chi connectivity index (χ1n) is 11.2. The molecular weight excluding hydrogens is 412 g/mol. The van der Waals surface area contributed by atoms with Crippen molar-refractivity contribution in [3.8, 4) is 5.75 Å². The zero-order valence-corrected chi connectivity index (χ0v) is 21.8. The average molecular weight is 455 g/mol. The van der Waals surface area contributed by atoms with Crippen molar-refractivity contribution >= 4 is 28.8 Å². The topological polar surface area (TPSA) is 71.8 Å². The van der Waals surface area contributed by atoms with Crippen molar-refractivity contribution in [2.45, 2.75) is 106 Å². The van der Waals surface area contributed by atoms with Crippen molar-refractivity contribution in [2.75, 3.05) is 7.11 Å². The molecule has 178 valence electrons. The first kappa shape index (κ1) is 29.5. The quantitative estimate of drug-likeness (QED) is 0.347. The van der Waals surface area contributed by atoms with Crippen LogP contribution in [0.15, 0.2) is 11.1 Å². The molecule has 6 heteroatoms. The van der Waals surface area contributed by atoms with Crippen LogP contribution >= 0.6 is 11.6 Å². The highest BCUT2D eigenvalue weighted by molar-refractivity contribution is 6.29. The van der Waals surface area contributed by atoms with Crippen LogP contribution in [0.5, 0.6) is 5.75 Å². The standard InChI is InChI=1S/C12H17ClN2O.C7H14O2.C6H12/c1-5-6-8(2)14-12-9(3)15-11(13)7-10(12)16-4;1-4-6(8)5-7(2,3)9;1-6(2)4-3-5-6/h7H,5-6H2,1-4H3;9H,4-5H2,1-3H3;3-5H2,1-2H3. The molecule has 31 heavy (non-hydrogen) atoms. The zero-order valence-electron chi connectivity index (χ0n) is 21.1. The molecule has 1 aromatic rings. The highest BCUT2D eigenvalue weighted by Crippen LogP contribution is 2.39. The van der Waals surface area contributed by atoms with E-state index in [4.69, 9.17) is 21.4 Å². The molecule has 0 amide bonds. The number of pyridine rings is 1. The summed E-state index contributed by atoms with van der Waals surface area (Å²) >= 11 is 5.86. The van der Waals surface area contributed by atoms with Crippen molar-refractivity contribution < 1.29 is 14.6 Å². The molecule has 0 atom stereocenters. The molecule has 0 unspecified atom stereocenters. The number of aryl methyl sites for hydroxylation is 1. The molecule has 0 aliphatic heterocycles. The predicted molar refractivity (Wildman–Crippen MR) is 132 cm³/mol. The fourth-order valence-corrected chi connectivity index (χ4v) is 3.22. The maximum absolute atomic E-state index is 10.7. The van der Waals surface area contributed by atoms with Gasteiger partial charge in [0.05, 0.1) is 18.4 Å². The number of hydrogen-bond acceptors (Lipinski definition) is 5. The monoisotopic (exact) mass is 454 g/mol. The van der Waals surface area contributed by atoms with Crippen LogP contribution in [-0.2, 0) is 4.79 Å². The smallest absolute Gasteiger partial charge is 0.149 e. The number of carbonyl (C=O) groups excluding carboxylic acids is 1. The normalized spacial score (nSPS) is 15.0. The van der Waals surface area contributed by atoms with Crippen LogP contribution < -0.4 is 4.74 Å². The van der Waals surface area contributed by atoms with Gasteiger partial charge in [0.2, 0.25) is 0 Å². The minimum atomic E-state index is -0.826. The summed E-state index contributed by atoms with van der Waals surface area (Å²) in [5.74, 6) is 0.787. The molecule has 1 heterocycles. The number of ketones is 1. The lowest BCUT2D eigenvalue weighted by molar-refractivity contribution is -0.122. The van der Waals surface area contributed by atoms with E-state index >= 15 is 0 Å². The number of Topliss-reactive ketones (excluding diaryl/α,β-unsaturated/α-hetero) is 1. The molecule has 1 aliphatic rings. The summed E-state index contributed by atoms with van der Waals surface area (Å²) in [4.78, 5) is 19.4. The van der Waals surface area contributed by atoms with Gasteiger partial charge in [-0.3, -0.25) is 9.79 Å². The lowest BCUT2D eigenvalue weighted by atomic mass is 9.72. The summed E-state index contributed by atoms with van der Waals surface area (Å²) in [5, 5.41) is 9.53. The Labute approximate surface area is 194 Å². The van der Waals surface area contributed by atoms with E-state index in [0.29, 0.717) is 17.3 Å². The molecule has 1 fully saturated rings. The van der Waals surface area contributed by atoms with Crippen LogP contribution in [-0.4, -0.2) is 34.3 Å². The first-order chi connectivity index (χ1) is 14.2. The van der Waals surface area contributed by atoms with Gasteiger partial charge in [-0.2, -0.15) is 0 Å². The Bertz CT molecular complexity index is 716. The van der Waals surface area contributed by atoms with Gasteiger partial charge in [0, 0.05) is 24.6 Å². The maximum Gasteiger partial charge on any atom is 0.149 e. The second kappa shape index (κ2) is 13.8. The Morgan fingerprint density at radius 2 is 1.87 bits per heavy atom. The van der Waals surface area contributed by atoms with Crippen LogP contribution in [0.25, 0.3) is 0 Å². The van der Waals surface area contributed by atoms with Crippen LogP contribution in [0.4, 0.5) is 5.69 Å². The number of halogens is 1. The number of carbonyl (C=O) groups is 1. The molecule has 1 N–H and O–H groups in total. The maximum atomic E-state index is 10.7. The van der Waals surface area contributed by atoms with Crippen LogP contribution in [0.3, 0.4) is 0 Å². The number of methoxy groups -OCH3 is 1. The minimum absolute atomic E-state index is 0.113. The van der Waals surface area contributed by atoms with Gasteiger partial charge in [0.1, 0.15) is 22.4 Å². The molecule has 1 saturated carbocycles. The molecule has 0 saturated heterocycles. The molecule has 2 rings (SSSR count). The molecule has 0 bridgehead atoms. The van der Waals surface area contributed by atoms with E-state index < -0.39 is 5.60 Å². The minimum Gasteiger partial charge on any atom is -0.494 e. The van der Waals surface area contributed by atoms with Gasteiger partial charge in [-0.15, -0.1) is 0 Å². The van der Waals surface area contributed by atoms with Crippen molar-refractivity contribution in [1.82, 2.24) is 4.98 Å².